The van der Waals surface area contributed by atoms with Crippen molar-refractivity contribution < 1.29 is 22.7 Å². The van der Waals surface area contributed by atoms with Crippen molar-refractivity contribution in [2.45, 2.75) is 25.3 Å². The number of benzene rings is 1. The number of carbonyl (C=O) groups is 1. The number of anilines is 1. The smallest absolute Gasteiger partial charge is 0.436 e. The average molecular weight is 563 g/mol. The number of aldehydes is 1. The number of carbonyl (C=O) groups excluding carboxylic acids is 1. The van der Waals surface area contributed by atoms with Gasteiger partial charge in [-0.2, -0.15) is 18.3 Å². The van der Waals surface area contributed by atoms with Gasteiger partial charge in [-0.25, -0.2) is 4.68 Å². The minimum absolute atomic E-state index is 0.106. The fraction of sp³-hybridized carbons (Fsp3) is 0.583. The summed E-state index contributed by atoms with van der Waals surface area (Å²) in [5.74, 6) is 0.560. The number of likely N-dealkylation sites (N-methyl/N-ethyl adjacent to an activating group) is 1. The molecule has 3 heterocycles. The number of rotatable bonds is 7. The van der Waals surface area contributed by atoms with Crippen LogP contribution in [-0.2, 0) is 11.0 Å². The first-order valence-corrected chi connectivity index (χ1v) is 12.8. The normalized spacial score (nSPS) is 21.3. The predicted octanol–water partition coefficient (Wildman–Crippen LogP) is 3.66. The second-order valence-corrected chi connectivity index (χ2v) is 10.3. The molecule has 0 saturated carbocycles. The molecule has 2 atom stereocenters. The van der Waals surface area contributed by atoms with Crippen molar-refractivity contribution in [1.82, 2.24) is 24.5 Å². The number of alkyl halides is 3. The highest BCUT2D eigenvalue weighted by Gasteiger charge is 2.41. The number of hydrogen-bond donors (Lipinski definition) is 0. The summed E-state index contributed by atoms with van der Waals surface area (Å²) in [7, 11) is 3.63. The lowest BCUT2D eigenvalue weighted by molar-refractivity contribution is -0.142. The molecule has 2 fully saturated rings. The van der Waals surface area contributed by atoms with Gasteiger partial charge < -0.3 is 14.5 Å². The van der Waals surface area contributed by atoms with Crippen LogP contribution in [0.25, 0.3) is 0 Å². The zero-order valence-electron chi connectivity index (χ0n) is 21.0. The summed E-state index contributed by atoms with van der Waals surface area (Å²) in [6.07, 6.45) is -5.09. The first-order valence-electron chi connectivity index (χ1n) is 12.1. The van der Waals surface area contributed by atoms with Crippen molar-refractivity contribution >= 4 is 35.2 Å². The second-order valence-electron chi connectivity index (χ2n) is 9.50. The van der Waals surface area contributed by atoms with Gasteiger partial charge in [-0.05, 0) is 26.1 Å². The van der Waals surface area contributed by atoms with Crippen LogP contribution in [0.3, 0.4) is 0 Å². The molecule has 2 saturated heterocycles. The molecule has 0 radical (unpaired) electrons. The van der Waals surface area contributed by atoms with Crippen LogP contribution >= 0.6 is 23.2 Å². The molecule has 0 amide bonds. The fourth-order valence-corrected chi connectivity index (χ4v) is 5.43. The summed E-state index contributed by atoms with van der Waals surface area (Å²) in [6.45, 7) is 7.22. The van der Waals surface area contributed by atoms with Crippen molar-refractivity contribution in [3.05, 3.63) is 39.6 Å². The van der Waals surface area contributed by atoms with Gasteiger partial charge in [0.05, 0.1) is 22.8 Å². The molecular weight excluding hydrogens is 532 g/mol. The molecule has 1 aromatic heterocycles. The molecule has 4 rings (SSSR count). The van der Waals surface area contributed by atoms with Crippen LogP contribution in [-0.4, -0.2) is 103 Å². The molecule has 2 aromatic rings. The molecule has 0 bridgehead atoms. The largest absolute Gasteiger partial charge is 0.495 e. The molecule has 0 N–H and O–H groups in total. The van der Waals surface area contributed by atoms with Gasteiger partial charge >= 0.3 is 6.18 Å². The number of hydrogen-bond acceptors (Lipinski definition) is 7. The monoisotopic (exact) mass is 562 g/mol. The Morgan fingerprint density at radius 1 is 1.16 bits per heavy atom. The summed E-state index contributed by atoms with van der Waals surface area (Å²) in [6, 6.07) is 5.40. The molecule has 2 unspecified atom stereocenters. The van der Waals surface area contributed by atoms with Gasteiger partial charge in [-0.3, -0.25) is 14.6 Å². The van der Waals surface area contributed by atoms with Gasteiger partial charge in [0, 0.05) is 70.2 Å². The van der Waals surface area contributed by atoms with E-state index in [1.165, 1.54) is 6.92 Å². The summed E-state index contributed by atoms with van der Waals surface area (Å²) < 4.78 is 47.0. The minimum Gasteiger partial charge on any atom is -0.495 e. The van der Waals surface area contributed by atoms with Crippen molar-refractivity contribution in [2.24, 2.45) is 0 Å². The van der Waals surface area contributed by atoms with Gasteiger partial charge in [-0.1, -0.05) is 23.2 Å². The Morgan fingerprint density at radius 3 is 2.46 bits per heavy atom. The van der Waals surface area contributed by atoms with Gasteiger partial charge in [0.2, 0.25) is 0 Å². The standard InChI is InChI=1S/C24H31Cl2F3N6O2/c1-16-22(26)23(24(27,28)29)30-35(16)21(15-36)34-11-10-33(17-4-5-19(25)20(12-17)37-3)14-18(34)13-32-8-6-31(2)7-9-32/h4-5,12,15,18,21H,6-11,13-14H2,1-3H3. The summed E-state index contributed by atoms with van der Waals surface area (Å²) >= 11 is 12.2. The van der Waals surface area contributed by atoms with Crippen molar-refractivity contribution in [3.63, 3.8) is 0 Å². The van der Waals surface area contributed by atoms with Gasteiger partial charge in [0.25, 0.3) is 0 Å². The van der Waals surface area contributed by atoms with E-state index in [0.29, 0.717) is 43.2 Å². The van der Waals surface area contributed by atoms with E-state index in [1.54, 1.807) is 13.2 Å². The summed E-state index contributed by atoms with van der Waals surface area (Å²) in [5, 5.41) is 3.77. The molecule has 2 aliphatic rings. The van der Waals surface area contributed by atoms with E-state index in [4.69, 9.17) is 27.9 Å². The average Bonchev–Trinajstić information content (AvgIpc) is 3.17. The zero-order valence-corrected chi connectivity index (χ0v) is 22.5. The maximum atomic E-state index is 13.5. The van der Waals surface area contributed by atoms with Crippen LogP contribution in [0.2, 0.25) is 10.0 Å². The van der Waals surface area contributed by atoms with E-state index in [9.17, 15) is 18.0 Å². The topological polar surface area (TPSA) is 57.1 Å². The maximum Gasteiger partial charge on any atom is 0.436 e. The molecule has 37 heavy (non-hydrogen) atoms. The van der Waals surface area contributed by atoms with Gasteiger partial charge in [0.15, 0.2) is 18.1 Å². The highest BCUT2D eigenvalue weighted by Crippen LogP contribution is 2.37. The van der Waals surface area contributed by atoms with Crippen molar-refractivity contribution in [3.8, 4) is 5.75 Å². The molecule has 0 aliphatic carbocycles. The van der Waals surface area contributed by atoms with Gasteiger partial charge in [0.1, 0.15) is 5.75 Å². The Morgan fingerprint density at radius 2 is 1.86 bits per heavy atom. The minimum atomic E-state index is -4.72. The van der Waals surface area contributed by atoms with Crippen LogP contribution in [0.1, 0.15) is 17.6 Å². The molecule has 1 aromatic carbocycles. The Balaban J connectivity index is 1.64. The van der Waals surface area contributed by atoms with Crippen molar-refractivity contribution in [1.29, 1.82) is 0 Å². The first-order chi connectivity index (χ1) is 17.5. The van der Waals surface area contributed by atoms with E-state index in [-0.39, 0.29) is 11.7 Å². The molecule has 13 heteroatoms. The van der Waals surface area contributed by atoms with Crippen LogP contribution in [0, 0.1) is 6.92 Å². The molecule has 2 aliphatic heterocycles. The Hall–Kier alpha value is -2.05. The number of aromatic nitrogens is 2. The quantitative estimate of drug-likeness (QED) is 0.477. The number of ether oxygens (including phenoxy) is 1. The molecular formula is C24H31Cl2F3N6O2. The highest BCUT2D eigenvalue weighted by atomic mass is 35.5. The lowest BCUT2D eigenvalue weighted by atomic mass is 10.1. The Labute approximate surface area is 224 Å². The SMILES string of the molecule is COc1cc(N2CCN(C(C=O)n3nc(C(F)(F)F)c(Cl)c3C)C(CN3CCN(C)CC3)C2)ccc1Cl. The Kier molecular flexibility index (Phi) is 8.59. The summed E-state index contributed by atoms with van der Waals surface area (Å²) in [5.41, 5.74) is -0.153. The van der Waals surface area contributed by atoms with Crippen LogP contribution in [0.5, 0.6) is 5.75 Å². The van der Waals surface area contributed by atoms with Crippen molar-refractivity contribution in [2.75, 3.05) is 71.4 Å². The highest BCUT2D eigenvalue weighted by molar-refractivity contribution is 6.32. The molecule has 0 spiro atoms. The lowest BCUT2D eigenvalue weighted by Gasteiger charge is -2.47. The van der Waals surface area contributed by atoms with E-state index in [0.717, 1.165) is 36.5 Å². The van der Waals surface area contributed by atoms with E-state index >= 15 is 0 Å². The van der Waals surface area contributed by atoms with Crippen LogP contribution in [0.15, 0.2) is 18.2 Å². The molecule has 204 valence electrons. The third-order valence-corrected chi connectivity index (χ3v) is 7.92. The first kappa shape index (κ1) is 28.0. The van der Waals surface area contributed by atoms with E-state index in [2.05, 4.69) is 26.8 Å². The maximum absolute atomic E-state index is 13.5. The third-order valence-electron chi connectivity index (χ3n) is 7.15. The second kappa shape index (κ2) is 11.4. The lowest BCUT2D eigenvalue weighted by Crippen LogP contribution is -2.60. The van der Waals surface area contributed by atoms with Gasteiger partial charge in [-0.15, -0.1) is 0 Å². The zero-order chi connectivity index (χ0) is 26.9. The molecule has 8 nitrogen and oxygen atoms in total. The summed E-state index contributed by atoms with van der Waals surface area (Å²) in [4.78, 5) is 21.1. The van der Waals surface area contributed by atoms with Crippen LogP contribution < -0.4 is 9.64 Å². The predicted molar refractivity (Wildman–Crippen MR) is 137 cm³/mol. The fourth-order valence-electron chi connectivity index (χ4n) is 5.00. The number of methoxy groups -OCH3 is 1. The number of piperazine rings is 2. The third kappa shape index (κ3) is 6.01. The number of halogens is 5. The number of nitrogens with zero attached hydrogens (tertiary/aromatic N) is 6. The van der Waals surface area contributed by atoms with Crippen LogP contribution in [0.4, 0.5) is 18.9 Å². The van der Waals surface area contributed by atoms with E-state index < -0.39 is 23.1 Å². The Bertz CT molecular complexity index is 1110. The van der Waals surface area contributed by atoms with E-state index in [1.807, 2.05) is 17.0 Å².